The minimum Gasteiger partial charge on any atom is -0.375 e. The predicted molar refractivity (Wildman–Crippen MR) is 84.6 cm³/mol. The van der Waals surface area contributed by atoms with Crippen LogP contribution in [0, 0.1) is 0 Å². The minimum atomic E-state index is 0.576. The van der Waals surface area contributed by atoms with E-state index in [0.29, 0.717) is 10.8 Å². The van der Waals surface area contributed by atoms with Gasteiger partial charge < -0.3 is 10.7 Å². The SMILES string of the molecule is Nc1nc2ccc(-c3nc4ncc(Br)cc4[nH]3)cc2s1. The van der Waals surface area contributed by atoms with Crippen LogP contribution in [-0.4, -0.2) is 19.9 Å². The zero-order valence-electron chi connectivity index (χ0n) is 10.1. The number of pyridine rings is 1. The Balaban J connectivity index is 1.90. The molecule has 4 aromatic rings. The highest BCUT2D eigenvalue weighted by atomic mass is 79.9. The van der Waals surface area contributed by atoms with Crippen LogP contribution in [0.3, 0.4) is 0 Å². The van der Waals surface area contributed by atoms with E-state index in [0.717, 1.165) is 31.6 Å². The minimum absolute atomic E-state index is 0.576. The number of halogens is 1. The number of nitrogens with zero attached hydrogens (tertiary/aromatic N) is 3. The van der Waals surface area contributed by atoms with Crippen LogP contribution in [0.1, 0.15) is 0 Å². The second-order valence-corrected chi connectivity index (χ2v) is 6.32. The molecule has 0 fully saturated rings. The van der Waals surface area contributed by atoms with Crippen LogP contribution in [0.5, 0.6) is 0 Å². The number of nitrogen functional groups attached to an aromatic ring is 1. The zero-order chi connectivity index (χ0) is 13.7. The Kier molecular flexibility index (Phi) is 2.51. The largest absolute Gasteiger partial charge is 0.375 e. The Bertz CT molecular complexity index is 942. The fraction of sp³-hybridized carbons (Fsp3) is 0. The molecule has 5 nitrogen and oxygen atoms in total. The Labute approximate surface area is 126 Å². The number of aromatic nitrogens is 4. The number of fused-ring (bicyclic) bond motifs is 2. The summed E-state index contributed by atoms with van der Waals surface area (Å²) in [6, 6.07) is 7.93. The maximum Gasteiger partial charge on any atom is 0.181 e. The standard InChI is InChI=1S/C13H8BrN5S/c14-7-4-9-12(16-5-7)19-11(17-9)6-1-2-8-10(3-6)20-13(15)18-8/h1-5H,(H2,15,18)(H,16,17,19). The van der Waals surface area contributed by atoms with Crippen LogP contribution in [0.2, 0.25) is 0 Å². The lowest BCUT2D eigenvalue weighted by Crippen LogP contribution is -1.80. The highest BCUT2D eigenvalue weighted by molar-refractivity contribution is 9.10. The number of hydrogen-bond acceptors (Lipinski definition) is 5. The van der Waals surface area contributed by atoms with E-state index >= 15 is 0 Å². The summed E-state index contributed by atoms with van der Waals surface area (Å²) in [5.74, 6) is 0.791. The number of nitrogens with two attached hydrogens (primary N) is 1. The molecule has 3 heterocycles. The van der Waals surface area contributed by atoms with Gasteiger partial charge in [0.2, 0.25) is 0 Å². The number of imidazole rings is 1. The summed E-state index contributed by atoms with van der Waals surface area (Å²) in [6.07, 6.45) is 1.74. The van der Waals surface area contributed by atoms with Crippen molar-refractivity contribution in [2.45, 2.75) is 0 Å². The predicted octanol–water partition coefficient (Wildman–Crippen LogP) is 3.58. The van der Waals surface area contributed by atoms with Crippen molar-refractivity contribution in [1.29, 1.82) is 0 Å². The number of anilines is 1. The molecular weight excluding hydrogens is 338 g/mol. The van der Waals surface area contributed by atoms with E-state index < -0.39 is 0 Å². The van der Waals surface area contributed by atoms with Gasteiger partial charge in [0.15, 0.2) is 10.8 Å². The number of thiazole rings is 1. The molecule has 0 spiro atoms. The van der Waals surface area contributed by atoms with Crippen molar-refractivity contribution in [2.24, 2.45) is 0 Å². The first-order valence-electron chi connectivity index (χ1n) is 5.87. The van der Waals surface area contributed by atoms with Crippen LogP contribution in [-0.2, 0) is 0 Å². The molecule has 0 atom stereocenters. The normalized spacial score (nSPS) is 11.4. The first-order chi connectivity index (χ1) is 9.69. The molecule has 0 saturated heterocycles. The molecule has 0 saturated carbocycles. The summed E-state index contributed by atoms with van der Waals surface area (Å²) >= 11 is 4.87. The van der Waals surface area contributed by atoms with Crippen molar-refractivity contribution in [3.05, 3.63) is 34.9 Å². The average molecular weight is 346 g/mol. The second kappa shape index (κ2) is 4.26. The molecule has 0 amide bonds. The third-order valence-electron chi connectivity index (χ3n) is 2.98. The number of nitrogens with one attached hydrogen (secondary N) is 1. The third kappa shape index (κ3) is 1.86. The van der Waals surface area contributed by atoms with Crippen molar-refractivity contribution in [1.82, 2.24) is 19.9 Å². The van der Waals surface area contributed by atoms with E-state index in [4.69, 9.17) is 5.73 Å². The Morgan fingerprint density at radius 2 is 2.10 bits per heavy atom. The van der Waals surface area contributed by atoms with Crippen LogP contribution in [0.4, 0.5) is 5.13 Å². The van der Waals surface area contributed by atoms with E-state index in [9.17, 15) is 0 Å². The van der Waals surface area contributed by atoms with E-state index in [-0.39, 0.29) is 0 Å². The molecule has 0 bridgehead atoms. The number of aromatic amines is 1. The van der Waals surface area contributed by atoms with Crippen LogP contribution in [0.15, 0.2) is 34.9 Å². The van der Waals surface area contributed by atoms with Gasteiger partial charge in [0.05, 0.1) is 15.7 Å². The van der Waals surface area contributed by atoms with Crippen molar-refractivity contribution in [3.8, 4) is 11.4 Å². The molecule has 0 aliphatic carbocycles. The van der Waals surface area contributed by atoms with Gasteiger partial charge in [-0.3, -0.25) is 0 Å². The van der Waals surface area contributed by atoms with Crippen molar-refractivity contribution >= 4 is 53.8 Å². The Morgan fingerprint density at radius 3 is 3.00 bits per heavy atom. The first kappa shape index (κ1) is 11.8. The Morgan fingerprint density at radius 1 is 1.20 bits per heavy atom. The van der Waals surface area contributed by atoms with Gasteiger partial charge in [-0.2, -0.15) is 0 Å². The molecule has 0 unspecified atom stereocenters. The summed E-state index contributed by atoms with van der Waals surface area (Å²) in [7, 11) is 0. The van der Waals surface area contributed by atoms with Gasteiger partial charge in [0, 0.05) is 16.2 Å². The summed E-state index contributed by atoms with van der Waals surface area (Å²) in [5.41, 5.74) is 9.23. The van der Waals surface area contributed by atoms with E-state index in [1.165, 1.54) is 11.3 Å². The topological polar surface area (TPSA) is 80.5 Å². The average Bonchev–Trinajstić information content (AvgIpc) is 2.99. The molecule has 3 aromatic heterocycles. The van der Waals surface area contributed by atoms with E-state index in [1.807, 2.05) is 24.3 Å². The summed E-state index contributed by atoms with van der Waals surface area (Å²) < 4.78 is 1.97. The summed E-state index contributed by atoms with van der Waals surface area (Å²) in [6.45, 7) is 0. The Hall–Kier alpha value is -1.99. The molecule has 0 aliphatic rings. The summed E-state index contributed by atoms with van der Waals surface area (Å²) in [4.78, 5) is 16.3. The van der Waals surface area contributed by atoms with Gasteiger partial charge in [0.1, 0.15) is 5.82 Å². The lowest BCUT2D eigenvalue weighted by molar-refractivity contribution is 1.30. The van der Waals surface area contributed by atoms with Crippen molar-refractivity contribution in [3.63, 3.8) is 0 Å². The molecule has 0 radical (unpaired) electrons. The van der Waals surface area contributed by atoms with Crippen LogP contribution >= 0.6 is 27.3 Å². The molecule has 20 heavy (non-hydrogen) atoms. The maximum absolute atomic E-state index is 5.73. The lowest BCUT2D eigenvalue weighted by Gasteiger charge is -1.95. The monoisotopic (exact) mass is 345 g/mol. The second-order valence-electron chi connectivity index (χ2n) is 4.34. The number of hydrogen-bond donors (Lipinski definition) is 2. The number of H-pyrrole nitrogens is 1. The van der Waals surface area contributed by atoms with Crippen molar-refractivity contribution < 1.29 is 0 Å². The van der Waals surface area contributed by atoms with Gasteiger partial charge in [-0.25, -0.2) is 15.0 Å². The van der Waals surface area contributed by atoms with Gasteiger partial charge in [-0.05, 0) is 40.2 Å². The lowest BCUT2D eigenvalue weighted by atomic mass is 10.2. The molecule has 4 rings (SSSR count). The molecule has 0 aliphatic heterocycles. The van der Waals surface area contributed by atoms with Gasteiger partial charge in [-0.15, -0.1) is 0 Å². The number of benzene rings is 1. The van der Waals surface area contributed by atoms with Gasteiger partial charge in [0.25, 0.3) is 0 Å². The van der Waals surface area contributed by atoms with Gasteiger partial charge >= 0.3 is 0 Å². The van der Waals surface area contributed by atoms with Crippen molar-refractivity contribution in [2.75, 3.05) is 5.73 Å². The smallest absolute Gasteiger partial charge is 0.181 e. The first-order valence-corrected chi connectivity index (χ1v) is 7.48. The quantitative estimate of drug-likeness (QED) is 0.552. The molecule has 98 valence electrons. The summed E-state index contributed by atoms with van der Waals surface area (Å²) in [5, 5.41) is 0.576. The highest BCUT2D eigenvalue weighted by Crippen LogP contribution is 2.29. The fourth-order valence-electron chi connectivity index (χ4n) is 2.10. The maximum atomic E-state index is 5.73. The third-order valence-corrected chi connectivity index (χ3v) is 4.26. The highest BCUT2D eigenvalue weighted by Gasteiger charge is 2.09. The van der Waals surface area contributed by atoms with E-state index in [2.05, 4.69) is 35.9 Å². The molecule has 3 N–H and O–H groups in total. The molecule has 7 heteroatoms. The van der Waals surface area contributed by atoms with Crippen LogP contribution < -0.4 is 5.73 Å². The van der Waals surface area contributed by atoms with E-state index in [1.54, 1.807) is 6.20 Å². The van der Waals surface area contributed by atoms with Crippen LogP contribution in [0.25, 0.3) is 32.8 Å². The van der Waals surface area contributed by atoms with Gasteiger partial charge in [-0.1, -0.05) is 11.3 Å². The number of rotatable bonds is 1. The molecular formula is C13H8BrN5S. The molecule has 1 aromatic carbocycles. The fourth-order valence-corrected chi connectivity index (χ4v) is 3.21. The zero-order valence-corrected chi connectivity index (χ0v) is 12.5.